The Kier molecular flexibility index (Phi) is 6.35. The standard InChI is InChI=1S/C26H30N8O2/c1-26(16-35)15-30-24-19(26)10-18(14-29-24)20-4-5-28-25(31-20)32-21-11-17(13-27)22(12-23(21)36-3)34-8-6-33(2)7-9-34/h4-5,10-12,14,35H,6-9,15-16H2,1-3H3,(H,29,30)(H,28,31,32). The molecule has 10 nitrogen and oxygen atoms in total. The van der Waals surface area contributed by atoms with Crippen LogP contribution in [0.3, 0.4) is 0 Å². The van der Waals surface area contributed by atoms with Gasteiger partial charge in [-0.25, -0.2) is 15.0 Å². The highest BCUT2D eigenvalue weighted by molar-refractivity contribution is 5.75. The summed E-state index contributed by atoms with van der Waals surface area (Å²) in [4.78, 5) is 18.1. The fourth-order valence-electron chi connectivity index (χ4n) is 4.66. The van der Waals surface area contributed by atoms with Crippen molar-refractivity contribution in [2.45, 2.75) is 12.3 Å². The zero-order valence-corrected chi connectivity index (χ0v) is 20.7. The fraction of sp³-hybridized carbons (Fsp3) is 0.385. The number of ether oxygens (including phenoxy) is 1. The summed E-state index contributed by atoms with van der Waals surface area (Å²) in [6.07, 6.45) is 3.44. The first kappa shape index (κ1) is 23.8. The lowest BCUT2D eigenvalue weighted by Crippen LogP contribution is -2.44. The van der Waals surface area contributed by atoms with Gasteiger partial charge in [0.05, 0.1) is 36.3 Å². The molecule has 1 atom stereocenters. The van der Waals surface area contributed by atoms with Crippen LogP contribution in [0.25, 0.3) is 11.3 Å². The molecule has 0 aliphatic carbocycles. The largest absolute Gasteiger partial charge is 0.494 e. The summed E-state index contributed by atoms with van der Waals surface area (Å²) in [5.41, 5.74) is 4.16. The van der Waals surface area contributed by atoms with Crippen LogP contribution in [0, 0.1) is 11.3 Å². The van der Waals surface area contributed by atoms with Gasteiger partial charge in [0.25, 0.3) is 0 Å². The van der Waals surface area contributed by atoms with Gasteiger partial charge in [-0.3, -0.25) is 0 Å². The van der Waals surface area contributed by atoms with Crippen molar-refractivity contribution in [3.8, 4) is 23.1 Å². The van der Waals surface area contributed by atoms with E-state index in [0.717, 1.165) is 48.8 Å². The van der Waals surface area contributed by atoms with Crippen molar-refractivity contribution in [1.29, 1.82) is 5.26 Å². The third-order valence-electron chi connectivity index (χ3n) is 7.01. The van der Waals surface area contributed by atoms with Gasteiger partial charge in [0.15, 0.2) is 0 Å². The van der Waals surface area contributed by atoms with Crippen molar-refractivity contribution < 1.29 is 9.84 Å². The number of hydrogen-bond donors (Lipinski definition) is 3. The molecule has 0 bridgehead atoms. The molecule has 0 amide bonds. The number of rotatable bonds is 6. The molecule has 1 saturated heterocycles. The Balaban J connectivity index is 1.44. The van der Waals surface area contributed by atoms with Gasteiger partial charge in [-0.15, -0.1) is 0 Å². The van der Waals surface area contributed by atoms with E-state index in [4.69, 9.17) is 4.74 Å². The van der Waals surface area contributed by atoms with E-state index in [9.17, 15) is 10.4 Å². The van der Waals surface area contributed by atoms with Gasteiger partial charge in [-0.2, -0.15) is 5.26 Å². The monoisotopic (exact) mass is 486 g/mol. The average Bonchev–Trinajstić information content (AvgIpc) is 3.25. The Hall–Kier alpha value is -3.94. The minimum atomic E-state index is -0.390. The zero-order valence-electron chi connectivity index (χ0n) is 20.7. The first-order chi connectivity index (χ1) is 17.4. The molecule has 1 unspecified atom stereocenters. The van der Waals surface area contributed by atoms with E-state index in [1.807, 2.05) is 25.1 Å². The number of aromatic nitrogens is 3. The molecule has 3 aromatic rings. The van der Waals surface area contributed by atoms with Crippen LogP contribution in [0.1, 0.15) is 18.1 Å². The number of nitrogens with one attached hydrogen (secondary N) is 2. The highest BCUT2D eigenvalue weighted by Crippen LogP contribution is 2.38. The maximum atomic E-state index is 9.90. The van der Waals surface area contributed by atoms with Crippen LogP contribution in [0.5, 0.6) is 5.75 Å². The minimum Gasteiger partial charge on any atom is -0.494 e. The van der Waals surface area contributed by atoms with E-state index in [-0.39, 0.29) is 12.0 Å². The Morgan fingerprint density at radius 1 is 1.22 bits per heavy atom. The van der Waals surface area contributed by atoms with Crippen molar-refractivity contribution >= 4 is 23.1 Å². The molecule has 0 radical (unpaired) electrons. The van der Waals surface area contributed by atoms with Crippen LogP contribution >= 0.6 is 0 Å². The summed E-state index contributed by atoms with van der Waals surface area (Å²) in [5, 5.41) is 26.3. The number of fused-ring (bicyclic) bond motifs is 1. The molecular weight excluding hydrogens is 456 g/mol. The highest BCUT2D eigenvalue weighted by atomic mass is 16.5. The van der Waals surface area contributed by atoms with E-state index in [1.165, 1.54) is 0 Å². The molecular formula is C26H30N8O2. The molecule has 10 heteroatoms. The number of aliphatic hydroxyl groups excluding tert-OH is 1. The van der Waals surface area contributed by atoms with E-state index in [0.29, 0.717) is 35.2 Å². The van der Waals surface area contributed by atoms with E-state index < -0.39 is 0 Å². The van der Waals surface area contributed by atoms with Gasteiger partial charge >= 0.3 is 0 Å². The molecule has 1 fully saturated rings. The number of aliphatic hydroxyl groups is 1. The fourth-order valence-corrected chi connectivity index (χ4v) is 4.66. The number of benzene rings is 1. The maximum absolute atomic E-state index is 9.90. The van der Waals surface area contributed by atoms with Gasteiger partial charge in [-0.1, -0.05) is 6.92 Å². The van der Waals surface area contributed by atoms with Crippen molar-refractivity contribution in [3.63, 3.8) is 0 Å². The van der Waals surface area contributed by atoms with Crippen LogP contribution < -0.4 is 20.3 Å². The Bertz CT molecular complexity index is 1320. The van der Waals surface area contributed by atoms with Gasteiger partial charge in [0.2, 0.25) is 5.95 Å². The van der Waals surface area contributed by atoms with Crippen molar-refractivity contribution in [3.05, 3.63) is 47.8 Å². The number of piperazine rings is 1. The lowest BCUT2D eigenvalue weighted by molar-refractivity contribution is 0.218. The third kappa shape index (κ3) is 4.39. The zero-order chi connectivity index (χ0) is 25.3. The molecule has 36 heavy (non-hydrogen) atoms. The number of anilines is 4. The topological polar surface area (TPSA) is 122 Å². The Morgan fingerprint density at radius 3 is 2.75 bits per heavy atom. The molecule has 2 aliphatic heterocycles. The summed E-state index contributed by atoms with van der Waals surface area (Å²) >= 11 is 0. The molecule has 3 N–H and O–H groups in total. The second-order valence-corrected chi connectivity index (χ2v) is 9.55. The summed E-state index contributed by atoms with van der Waals surface area (Å²) in [6, 6.07) is 9.86. The van der Waals surface area contributed by atoms with Crippen molar-refractivity contribution in [2.75, 3.05) is 69.0 Å². The van der Waals surface area contributed by atoms with Gasteiger partial charge in [-0.05, 0) is 25.2 Å². The van der Waals surface area contributed by atoms with Gasteiger partial charge < -0.3 is 30.3 Å². The van der Waals surface area contributed by atoms with Crippen molar-refractivity contribution in [1.82, 2.24) is 19.9 Å². The molecule has 4 heterocycles. The molecule has 2 aromatic heterocycles. The first-order valence-corrected chi connectivity index (χ1v) is 12.0. The molecule has 0 saturated carbocycles. The lowest BCUT2D eigenvalue weighted by Gasteiger charge is -2.34. The molecule has 1 aromatic carbocycles. The molecule has 5 rings (SSSR count). The van der Waals surface area contributed by atoms with E-state index in [2.05, 4.69) is 48.5 Å². The predicted molar refractivity (Wildman–Crippen MR) is 139 cm³/mol. The smallest absolute Gasteiger partial charge is 0.227 e. The van der Waals surface area contributed by atoms with E-state index >= 15 is 0 Å². The quantitative estimate of drug-likeness (QED) is 0.479. The second-order valence-electron chi connectivity index (χ2n) is 9.55. The maximum Gasteiger partial charge on any atom is 0.227 e. The summed E-state index contributed by atoms with van der Waals surface area (Å²) in [6.45, 7) is 6.27. The highest BCUT2D eigenvalue weighted by Gasteiger charge is 2.35. The van der Waals surface area contributed by atoms with Gasteiger partial charge in [0.1, 0.15) is 17.6 Å². The Morgan fingerprint density at radius 2 is 2.03 bits per heavy atom. The average molecular weight is 487 g/mol. The van der Waals surface area contributed by atoms with Crippen LogP contribution in [0.4, 0.5) is 23.1 Å². The third-order valence-corrected chi connectivity index (χ3v) is 7.01. The lowest BCUT2D eigenvalue weighted by atomic mass is 9.85. The van der Waals surface area contributed by atoms with Crippen LogP contribution in [-0.2, 0) is 5.41 Å². The number of nitriles is 1. The number of hydrogen-bond acceptors (Lipinski definition) is 10. The number of methoxy groups -OCH3 is 1. The van der Waals surface area contributed by atoms with Crippen LogP contribution in [0.2, 0.25) is 0 Å². The summed E-state index contributed by atoms with van der Waals surface area (Å²) < 4.78 is 5.67. The molecule has 0 spiro atoms. The number of pyridine rings is 1. The Labute approximate surface area is 210 Å². The number of likely N-dealkylation sites (N-methyl/N-ethyl adjacent to an activating group) is 1. The molecule has 186 valence electrons. The van der Waals surface area contributed by atoms with Crippen LogP contribution in [-0.4, -0.2) is 78.4 Å². The normalized spacial score (nSPS) is 19.4. The van der Waals surface area contributed by atoms with Gasteiger partial charge in [0, 0.05) is 67.7 Å². The van der Waals surface area contributed by atoms with Crippen LogP contribution in [0.15, 0.2) is 36.7 Å². The van der Waals surface area contributed by atoms with E-state index in [1.54, 1.807) is 25.6 Å². The second kappa shape index (κ2) is 9.60. The summed E-state index contributed by atoms with van der Waals surface area (Å²) in [7, 11) is 3.71. The minimum absolute atomic E-state index is 0.0276. The first-order valence-electron chi connectivity index (χ1n) is 12.0. The predicted octanol–water partition coefficient (Wildman–Crippen LogP) is 2.59. The molecule has 2 aliphatic rings. The number of nitrogens with zero attached hydrogens (tertiary/aromatic N) is 6. The SMILES string of the molecule is COc1cc(N2CCN(C)CC2)c(C#N)cc1Nc1nccc(-c2cnc3c(c2)C(C)(CO)CN3)n1. The van der Waals surface area contributed by atoms with Crippen molar-refractivity contribution in [2.24, 2.45) is 0 Å². The summed E-state index contributed by atoms with van der Waals surface area (Å²) in [5.74, 6) is 1.78.